The molecule has 1 unspecified atom stereocenters. The lowest BCUT2D eigenvalue weighted by molar-refractivity contribution is -0.132. The van der Waals surface area contributed by atoms with Crippen molar-refractivity contribution in [1.29, 1.82) is 0 Å². The van der Waals surface area contributed by atoms with Gasteiger partial charge in [-0.3, -0.25) is 4.79 Å². The number of hydrogen-bond acceptors (Lipinski definition) is 4. The van der Waals surface area contributed by atoms with E-state index in [-0.39, 0.29) is 29.9 Å². The topological polar surface area (TPSA) is 80.5 Å². The molecule has 0 radical (unpaired) electrons. The van der Waals surface area contributed by atoms with Gasteiger partial charge >= 0.3 is 0 Å². The molecule has 1 fully saturated rings. The first-order valence-electron chi connectivity index (χ1n) is 6.75. The summed E-state index contributed by atoms with van der Waals surface area (Å²) in [5.41, 5.74) is 7.18. The average molecular weight is 296 g/mol. The highest BCUT2D eigenvalue weighted by Gasteiger charge is 2.33. The van der Waals surface area contributed by atoms with Crippen molar-refractivity contribution in [3.63, 3.8) is 0 Å². The zero-order chi connectivity index (χ0) is 14.8. The van der Waals surface area contributed by atoms with Crippen molar-refractivity contribution in [2.24, 2.45) is 0 Å². The molecule has 0 saturated carbocycles. The maximum absolute atomic E-state index is 12.3. The molecule has 1 atom stereocenters. The Balaban J connectivity index is 2.06. The quantitative estimate of drug-likeness (QED) is 0.835. The van der Waals surface area contributed by atoms with Crippen LogP contribution in [0, 0.1) is 0 Å². The number of nitrogen functional groups attached to an aromatic ring is 1. The Morgan fingerprint density at radius 2 is 2.20 bits per heavy atom. The Kier molecular flexibility index (Phi) is 4.32. The van der Waals surface area contributed by atoms with Gasteiger partial charge in [0.15, 0.2) is 9.84 Å². The number of rotatable bonds is 4. The van der Waals surface area contributed by atoms with E-state index in [4.69, 9.17) is 5.73 Å². The van der Waals surface area contributed by atoms with E-state index in [0.717, 1.165) is 5.56 Å². The molecule has 110 valence electrons. The summed E-state index contributed by atoms with van der Waals surface area (Å²) in [6, 6.07) is 7.03. The Labute approximate surface area is 119 Å². The van der Waals surface area contributed by atoms with Gasteiger partial charge in [-0.2, -0.15) is 0 Å². The van der Waals surface area contributed by atoms with Gasteiger partial charge in [0.2, 0.25) is 5.91 Å². The molecule has 1 aromatic carbocycles. The van der Waals surface area contributed by atoms with Gasteiger partial charge in [-0.1, -0.05) is 12.1 Å². The van der Waals surface area contributed by atoms with Crippen molar-refractivity contribution in [2.75, 3.05) is 23.8 Å². The lowest BCUT2D eigenvalue weighted by Gasteiger charge is -2.27. The number of hydrogen-bond donors (Lipinski definition) is 1. The van der Waals surface area contributed by atoms with Crippen molar-refractivity contribution in [2.45, 2.75) is 25.8 Å². The molecule has 2 N–H and O–H groups in total. The number of carbonyl (C=O) groups excluding carboxylic acids is 1. The molecule has 1 heterocycles. The minimum Gasteiger partial charge on any atom is -0.399 e. The van der Waals surface area contributed by atoms with E-state index >= 15 is 0 Å². The van der Waals surface area contributed by atoms with Gasteiger partial charge in [-0.15, -0.1) is 0 Å². The molecular weight excluding hydrogens is 276 g/mol. The zero-order valence-electron chi connectivity index (χ0n) is 11.6. The number of nitrogens with zero attached hydrogens (tertiary/aromatic N) is 1. The Bertz CT molecular complexity index is 598. The second kappa shape index (κ2) is 5.83. The molecule has 0 aliphatic carbocycles. The van der Waals surface area contributed by atoms with Gasteiger partial charge < -0.3 is 10.6 Å². The lowest BCUT2D eigenvalue weighted by Crippen LogP contribution is -2.41. The lowest BCUT2D eigenvalue weighted by atomic mass is 10.1. The van der Waals surface area contributed by atoms with Crippen LogP contribution in [0.4, 0.5) is 5.69 Å². The third-order valence-electron chi connectivity index (χ3n) is 3.62. The molecule has 1 aliphatic heterocycles. The fourth-order valence-electron chi connectivity index (χ4n) is 2.64. The van der Waals surface area contributed by atoms with Crippen LogP contribution in [0.25, 0.3) is 0 Å². The van der Waals surface area contributed by atoms with Gasteiger partial charge in [0.05, 0.1) is 17.9 Å². The summed E-state index contributed by atoms with van der Waals surface area (Å²) in [6.45, 7) is 2.41. The first kappa shape index (κ1) is 14.8. The second-order valence-corrected chi connectivity index (χ2v) is 7.39. The average Bonchev–Trinajstić information content (AvgIpc) is 2.70. The molecule has 20 heavy (non-hydrogen) atoms. The van der Waals surface area contributed by atoms with Crippen LogP contribution in [0.3, 0.4) is 0 Å². The van der Waals surface area contributed by atoms with Crippen molar-refractivity contribution in [3.05, 3.63) is 29.8 Å². The summed E-state index contributed by atoms with van der Waals surface area (Å²) in [6.07, 6.45) is 0.800. The van der Waals surface area contributed by atoms with Gasteiger partial charge in [0.1, 0.15) is 0 Å². The van der Waals surface area contributed by atoms with Crippen molar-refractivity contribution in [1.82, 2.24) is 4.90 Å². The summed E-state index contributed by atoms with van der Waals surface area (Å²) in [4.78, 5) is 14.0. The van der Waals surface area contributed by atoms with Crippen molar-refractivity contribution in [3.8, 4) is 0 Å². The number of likely N-dealkylation sites (N-methyl/N-ethyl adjacent to an activating group) is 1. The molecule has 0 bridgehead atoms. The minimum absolute atomic E-state index is 0.0415. The highest BCUT2D eigenvalue weighted by atomic mass is 32.2. The Morgan fingerprint density at radius 3 is 2.75 bits per heavy atom. The van der Waals surface area contributed by atoms with Gasteiger partial charge in [0.25, 0.3) is 0 Å². The number of anilines is 1. The van der Waals surface area contributed by atoms with E-state index < -0.39 is 9.84 Å². The fourth-order valence-corrected chi connectivity index (χ4v) is 4.37. The van der Waals surface area contributed by atoms with Crippen LogP contribution in [-0.4, -0.2) is 43.3 Å². The highest BCUT2D eigenvalue weighted by Crippen LogP contribution is 2.19. The SMILES string of the molecule is CCN(C(=O)Cc1cccc(N)c1)C1CCS(=O)(=O)C1. The van der Waals surface area contributed by atoms with E-state index in [1.807, 2.05) is 19.1 Å². The number of amides is 1. The summed E-state index contributed by atoms with van der Waals surface area (Å²) in [5, 5.41) is 0. The first-order chi connectivity index (χ1) is 9.41. The van der Waals surface area contributed by atoms with Crippen LogP contribution in [0.5, 0.6) is 0 Å². The van der Waals surface area contributed by atoms with E-state index in [1.54, 1.807) is 17.0 Å². The van der Waals surface area contributed by atoms with Crippen LogP contribution in [0.1, 0.15) is 18.9 Å². The molecule has 1 aromatic rings. The Hall–Kier alpha value is -1.56. The maximum atomic E-state index is 12.3. The first-order valence-corrected chi connectivity index (χ1v) is 8.57. The van der Waals surface area contributed by atoms with Crippen LogP contribution in [-0.2, 0) is 21.1 Å². The summed E-state index contributed by atoms with van der Waals surface area (Å²) in [5.74, 6) is 0.226. The molecule has 0 aromatic heterocycles. The molecule has 1 aliphatic rings. The predicted octanol–water partition coefficient (Wildman–Crippen LogP) is 0.847. The van der Waals surface area contributed by atoms with E-state index in [9.17, 15) is 13.2 Å². The predicted molar refractivity (Wildman–Crippen MR) is 79.0 cm³/mol. The summed E-state index contributed by atoms with van der Waals surface area (Å²) < 4.78 is 23.1. The molecule has 2 rings (SSSR count). The minimum atomic E-state index is -2.98. The smallest absolute Gasteiger partial charge is 0.227 e. The van der Waals surface area contributed by atoms with Crippen LogP contribution >= 0.6 is 0 Å². The standard InChI is InChI=1S/C14H20N2O3S/c1-2-16(13-6-7-20(18,19)10-13)14(17)9-11-4-3-5-12(15)8-11/h3-5,8,13H,2,6-7,9-10,15H2,1H3. The molecular formula is C14H20N2O3S. The molecule has 5 nitrogen and oxygen atoms in total. The van der Waals surface area contributed by atoms with Crippen molar-refractivity contribution < 1.29 is 13.2 Å². The zero-order valence-corrected chi connectivity index (χ0v) is 12.4. The summed E-state index contributed by atoms with van der Waals surface area (Å²) in [7, 11) is -2.98. The number of benzene rings is 1. The van der Waals surface area contributed by atoms with Crippen molar-refractivity contribution >= 4 is 21.4 Å². The second-order valence-electron chi connectivity index (χ2n) is 5.16. The molecule has 0 spiro atoms. The van der Waals surface area contributed by atoms with E-state index in [1.165, 1.54) is 0 Å². The van der Waals surface area contributed by atoms with Gasteiger partial charge in [-0.25, -0.2) is 8.42 Å². The van der Waals surface area contributed by atoms with E-state index in [0.29, 0.717) is 18.7 Å². The Morgan fingerprint density at radius 1 is 1.45 bits per heavy atom. The third kappa shape index (κ3) is 3.50. The molecule has 1 saturated heterocycles. The highest BCUT2D eigenvalue weighted by molar-refractivity contribution is 7.91. The largest absolute Gasteiger partial charge is 0.399 e. The van der Waals surface area contributed by atoms with Gasteiger partial charge in [0, 0.05) is 18.3 Å². The molecule has 6 heteroatoms. The monoisotopic (exact) mass is 296 g/mol. The third-order valence-corrected chi connectivity index (χ3v) is 5.37. The maximum Gasteiger partial charge on any atom is 0.227 e. The molecule has 1 amide bonds. The van der Waals surface area contributed by atoms with Gasteiger partial charge in [-0.05, 0) is 31.0 Å². The van der Waals surface area contributed by atoms with Crippen LogP contribution in [0.15, 0.2) is 24.3 Å². The number of carbonyl (C=O) groups is 1. The number of nitrogens with two attached hydrogens (primary N) is 1. The van der Waals surface area contributed by atoms with Crippen LogP contribution < -0.4 is 5.73 Å². The normalized spacial score (nSPS) is 20.8. The summed E-state index contributed by atoms with van der Waals surface area (Å²) >= 11 is 0. The van der Waals surface area contributed by atoms with E-state index in [2.05, 4.69) is 0 Å². The fraction of sp³-hybridized carbons (Fsp3) is 0.500. The number of sulfone groups is 1. The van der Waals surface area contributed by atoms with Crippen LogP contribution in [0.2, 0.25) is 0 Å².